The Morgan fingerprint density at radius 2 is 2.53 bits per heavy atom. The summed E-state index contributed by atoms with van der Waals surface area (Å²) < 4.78 is 0. The highest BCUT2D eigenvalue weighted by Crippen LogP contribution is 2.06. The van der Waals surface area contributed by atoms with Crippen LogP contribution in [0.1, 0.15) is 17.3 Å². The minimum Gasteiger partial charge on any atom is -0.336 e. The number of aromatic nitrogens is 1. The van der Waals surface area contributed by atoms with Gasteiger partial charge in [-0.25, -0.2) is 0 Å². The molecule has 1 amide bonds. The summed E-state index contributed by atoms with van der Waals surface area (Å²) >= 11 is 0. The Balaban J connectivity index is 2.08. The molecule has 1 aromatic heterocycles. The maximum absolute atomic E-state index is 12.0. The number of piperazine rings is 1. The van der Waals surface area contributed by atoms with Crippen molar-refractivity contribution in [2.24, 2.45) is 0 Å². The second-order valence-electron chi connectivity index (χ2n) is 3.85. The average Bonchev–Trinajstić information content (AvgIpc) is 2.29. The summed E-state index contributed by atoms with van der Waals surface area (Å²) in [6, 6.07) is 3.97. The van der Waals surface area contributed by atoms with Gasteiger partial charge in [-0.3, -0.25) is 9.78 Å². The highest BCUT2D eigenvalue weighted by atomic mass is 16.2. The predicted octanol–water partition coefficient (Wildman–Crippen LogP) is 0.515. The zero-order chi connectivity index (χ0) is 10.7. The molecule has 0 spiro atoms. The van der Waals surface area contributed by atoms with E-state index >= 15 is 0 Å². The second kappa shape index (κ2) is 4.40. The zero-order valence-corrected chi connectivity index (χ0v) is 8.81. The van der Waals surface area contributed by atoms with Gasteiger partial charge in [-0.2, -0.15) is 0 Å². The lowest BCUT2D eigenvalue weighted by Gasteiger charge is -2.31. The maximum atomic E-state index is 12.0. The first kappa shape index (κ1) is 10.1. The van der Waals surface area contributed by atoms with Crippen LogP contribution in [0.4, 0.5) is 0 Å². The lowest BCUT2D eigenvalue weighted by Crippen LogP contribution is -2.51. The van der Waals surface area contributed by atoms with Crippen LogP contribution in [0.3, 0.4) is 0 Å². The predicted molar refractivity (Wildman–Crippen MR) is 57.6 cm³/mol. The van der Waals surface area contributed by atoms with Gasteiger partial charge in [0.2, 0.25) is 0 Å². The van der Waals surface area contributed by atoms with E-state index in [1.807, 2.05) is 11.0 Å². The standard InChI is InChI=1S/C11H15N3O/c1-9-8-14(6-5-13-9)11(15)10-3-2-4-12-7-10/h2-4,7,9,13H,5-6,8H2,1H3/t9-/m0/s1. The van der Waals surface area contributed by atoms with E-state index in [2.05, 4.69) is 17.2 Å². The van der Waals surface area contributed by atoms with Crippen molar-refractivity contribution in [3.63, 3.8) is 0 Å². The molecule has 1 aromatic rings. The number of hydrogen-bond donors (Lipinski definition) is 1. The first-order valence-electron chi connectivity index (χ1n) is 5.20. The molecule has 1 aliphatic heterocycles. The Kier molecular flexibility index (Phi) is 2.97. The molecule has 0 aliphatic carbocycles. The van der Waals surface area contributed by atoms with E-state index in [0.29, 0.717) is 11.6 Å². The Morgan fingerprint density at radius 1 is 1.67 bits per heavy atom. The van der Waals surface area contributed by atoms with Crippen LogP contribution in [0, 0.1) is 0 Å². The van der Waals surface area contributed by atoms with Crippen molar-refractivity contribution >= 4 is 5.91 Å². The fraction of sp³-hybridized carbons (Fsp3) is 0.455. The molecule has 2 heterocycles. The minimum absolute atomic E-state index is 0.0800. The normalized spacial score (nSPS) is 21.4. The molecule has 1 N–H and O–H groups in total. The third-order valence-electron chi connectivity index (χ3n) is 2.56. The zero-order valence-electron chi connectivity index (χ0n) is 8.81. The van der Waals surface area contributed by atoms with Crippen LogP contribution in [0.15, 0.2) is 24.5 Å². The van der Waals surface area contributed by atoms with Crippen molar-refractivity contribution < 1.29 is 4.79 Å². The van der Waals surface area contributed by atoms with Gasteiger partial charge < -0.3 is 10.2 Å². The SMILES string of the molecule is C[C@H]1CN(C(=O)c2cccnc2)CCN1. The van der Waals surface area contributed by atoms with Crippen LogP contribution >= 0.6 is 0 Å². The molecular formula is C11H15N3O. The number of pyridine rings is 1. The summed E-state index contributed by atoms with van der Waals surface area (Å²) in [6.07, 6.45) is 3.30. The van der Waals surface area contributed by atoms with Crippen molar-refractivity contribution in [2.75, 3.05) is 19.6 Å². The van der Waals surface area contributed by atoms with Crippen LogP contribution < -0.4 is 5.32 Å². The van der Waals surface area contributed by atoms with Gasteiger partial charge in [0, 0.05) is 38.1 Å². The molecule has 4 nitrogen and oxygen atoms in total. The van der Waals surface area contributed by atoms with Crippen molar-refractivity contribution in [3.8, 4) is 0 Å². The van der Waals surface area contributed by atoms with E-state index in [1.165, 1.54) is 0 Å². The summed E-state index contributed by atoms with van der Waals surface area (Å²) in [6.45, 7) is 4.50. The number of nitrogens with one attached hydrogen (secondary N) is 1. The van der Waals surface area contributed by atoms with Gasteiger partial charge in [0.25, 0.3) is 5.91 Å². The van der Waals surface area contributed by atoms with Crippen LogP contribution in [-0.4, -0.2) is 41.5 Å². The molecule has 1 atom stereocenters. The molecule has 0 unspecified atom stereocenters. The highest BCUT2D eigenvalue weighted by molar-refractivity contribution is 5.93. The largest absolute Gasteiger partial charge is 0.336 e. The van der Waals surface area contributed by atoms with Crippen molar-refractivity contribution in [1.82, 2.24) is 15.2 Å². The Morgan fingerprint density at radius 3 is 3.20 bits per heavy atom. The molecule has 0 aromatic carbocycles. The van der Waals surface area contributed by atoms with E-state index in [1.54, 1.807) is 18.5 Å². The lowest BCUT2D eigenvalue weighted by atomic mass is 10.2. The first-order valence-corrected chi connectivity index (χ1v) is 5.20. The minimum atomic E-state index is 0.0800. The lowest BCUT2D eigenvalue weighted by molar-refractivity contribution is 0.0708. The molecule has 0 radical (unpaired) electrons. The third-order valence-corrected chi connectivity index (χ3v) is 2.56. The van der Waals surface area contributed by atoms with E-state index in [4.69, 9.17) is 0 Å². The quantitative estimate of drug-likeness (QED) is 0.727. The molecule has 0 saturated carbocycles. The van der Waals surface area contributed by atoms with Gasteiger partial charge in [-0.1, -0.05) is 0 Å². The monoisotopic (exact) mass is 205 g/mol. The highest BCUT2D eigenvalue weighted by Gasteiger charge is 2.21. The molecular weight excluding hydrogens is 190 g/mol. The first-order chi connectivity index (χ1) is 7.27. The van der Waals surface area contributed by atoms with Crippen LogP contribution in [0.5, 0.6) is 0 Å². The summed E-state index contributed by atoms with van der Waals surface area (Å²) in [5.74, 6) is 0.0800. The third kappa shape index (κ3) is 2.33. The fourth-order valence-corrected chi connectivity index (χ4v) is 1.79. The number of rotatable bonds is 1. The number of nitrogens with zero attached hydrogens (tertiary/aromatic N) is 2. The number of carbonyl (C=O) groups is 1. The molecule has 1 aliphatic rings. The van der Waals surface area contributed by atoms with Gasteiger partial charge >= 0.3 is 0 Å². The molecule has 15 heavy (non-hydrogen) atoms. The van der Waals surface area contributed by atoms with Crippen molar-refractivity contribution in [3.05, 3.63) is 30.1 Å². The number of carbonyl (C=O) groups excluding carboxylic acids is 1. The molecule has 80 valence electrons. The summed E-state index contributed by atoms with van der Waals surface area (Å²) in [5, 5.41) is 3.31. The smallest absolute Gasteiger partial charge is 0.255 e. The van der Waals surface area contributed by atoms with E-state index in [-0.39, 0.29) is 5.91 Å². The second-order valence-corrected chi connectivity index (χ2v) is 3.85. The van der Waals surface area contributed by atoms with Crippen molar-refractivity contribution in [1.29, 1.82) is 0 Å². The van der Waals surface area contributed by atoms with Gasteiger partial charge in [-0.05, 0) is 19.1 Å². The Hall–Kier alpha value is -1.42. The van der Waals surface area contributed by atoms with E-state index in [0.717, 1.165) is 19.6 Å². The van der Waals surface area contributed by atoms with Gasteiger partial charge in [0.1, 0.15) is 0 Å². The fourth-order valence-electron chi connectivity index (χ4n) is 1.79. The van der Waals surface area contributed by atoms with Crippen LogP contribution in [0.25, 0.3) is 0 Å². The van der Waals surface area contributed by atoms with Crippen LogP contribution in [0.2, 0.25) is 0 Å². The molecule has 4 heteroatoms. The van der Waals surface area contributed by atoms with Gasteiger partial charge in [-0.15, -0.1) is 0 Å². The number of amides is 1. The maximum Gasteiger partial charge on any atom is 0.255 e. The molecule has 2 rings (SSSR count). The average molecular weight is 205 g/mol. The summed E-state index contributed by atoms with van der Waals surface area (Å²) in [5.41, 5.74) is 0.673. The van der Waals surface area contributed by atoms with E-state index < -0.39 is 0 Å². The van der Waals surface area contributed by atoms with Crippen LogP contribution in [-0.2, 0) is 0 Å². The molecule has 1 saturated heterocycles. The topological polar surface area (TPSA) is 45.2 Å². The van der Waals surface area contributed by atoms with E-state index in [9.17, 15) is 4.79 Å². The van der Waals surface area contributed by atoms with Gasteiger partial charge in [0.05, 0.1) is 5.56 Å². The van der Waals surface area contributed by atoms with Gasteiger partial charge in [0.15, 0.2) is 0 Å². The Bertz CT molecular complexity index is 339. The molecule has 1 fully saturated rings. The van der Waals surface area contributed by atoms with Crippen molar-refractivity contribution in [2.45, 2.75) is 13.0 Å². The number of hydrogen-bond acceptors (Lipinski definition) is 3. The summed E-state index contributed by atoms with van der Waals surface area (Å²) in [7, 11) is 0. The Labute approximate surface area is 89.3 Å². The molecule has 0 bridgehead atoms. The summed E-state index contributed by atoms with van der Waals surface area (Å²) in [4.78, 5) is 17.8.